The molecule has 0 aliphatic rings. The summed E-state index contributed by atoms with van der Waals surface area (Å²) in [4.78, 5) is 29.1. The Labute approximate surface area is 137 Å². The molecule has 7 nitrogen and oxygen atoms in total. The van der Waals surface area contributed by atoms with E-state index in [9.17, 15) is 14.9 Å². The minimum atomic E-state index is -0.403. The van der Waals surface area contributed by atoms with E-state index in [0.717, 1.165) is 22.2 Å². The van der Waals surface area contributed by atoms with Crippen LogP contribution in [0.5, 0.6) is 0 Å². The second-order valence-electron chi connectivity index (χ2n) is 5.62. The van der Waals surface area contributed by atoms with Crippen LogP contribution in [0.25, 0.3) is 11.0 Å². The first-order valence-electron chi connectivity index (χ1n) is 7.41. The van der Waals surface area contributed by atoms with E-state index in [1.54, 1.807) is 24.4 Å². The number of rotatable bonds is 5. The molecule has 0 amide bonds. The second-order valence-corrected chi connectivity index (χ2v) is 5.62. The van der Waals surface area contributed by atoms with E-state index < -0.39 is 4.92 Å². The van der Waals surface area contributed by atoms with Crippen LogP contribution in [-0.4, -0.2) is 20.7 Å². The zero-order valence-corrected chi connectivity index (χ0v) is 13.3. The summed E-state index contributed by atoms with van der Waals surface area (Å²) in [6, 6.07) is 8.45. The Morgan fingerprint density at radius 3 is 2.83 bits per heavy atom. The predicted octanol–water partition coefficient (Wildman–Crippen LogP) is 3.59. The number of hydrogen-bond acceptors (Lipinski definition) is 5. The summed E-state index contributed by atoms with van der Waals surface area (Å²) >= 11 is 0. The van der Waals surface area contributed by atoms with Crippen LogP contribution in [0.15, 0.2) is 36.5 Å². The minimum absolute atomic E-state index is 0.0465. The van der Waals surface area contributed by atoms with E-state index in [4.69, 9.17) is 0 Å². The van der Waals surface area contributed by atoms with Crippen LogP contribution in [0.1, 0.15) is 28.5 Å². The Morgan fingerprint density at radius 2 is 2.12 bits per heavy atom. The van der Waals surface area contributed by atoms with Gasteiger partial charge in [-0.2, -0.15) is 0 Å². The number of H-pyrrole nitrogens is 1. The molecular weight excluding hydrogens is 308 g/mol. The van der Waals surface area contributed by atoms with Gasteiger partial charge in [-0.15, -0.1) is 0 Å². The van der Waals surface area contributed by atoms with E-state index in [1.165, 1.54) is 13.0 Å². The van der Waals surface area contributed by atoms with Crippen molar-refractivity contribution < 1.29 is 9.72 Å². The highest BCUT2D eigenvalue weighted by molar-refractivity contribution is 5.97. The minimum Gasteiger partial charge on any atom is -0.380 e. The highest BCUT2D eigenvalue weighted by atomic mass is 16.6. The lowest BCUT2D eigenvalue weighted by Gasteiger charge is -2.09. The van der Waals surface area contributed by atoms with Gasteiger partial charge in [0, 0.05) is 31.0 Å². The maximum atomic E-state index is 11.4. The predicted molar refractivity (Wildman–Crippen MR) is 91.3 cm³/mol. The SMILES string of the molecule is CC(=O)c1cc2cc(NCc3cc([N+](=O)[O-])ccc3C)cnc2[nH]1. The van der Waals surface area contributed by atoms with E-state index in [1.807, 2.05) is 13.0 Å². The Bertz CT molecular complexity index is 946. The number of Topliss-reactive ketones (excluding diaryl/α,β-unsaturated/α-hetero) is 1. The number of ketones is 1. The molecule has 2 heterocycles. The molecule has 0 saturated heterocycles. The Morgan fingerprint density at radius 1 is 1.33 bits per heavy atom. The number of nitrogens with one attached hydrogen (secondary N) is 2. The zero-order valence-electron chi connectivity index (χ0n) is 13.3. The van der Waals surface area contributed by atoms with Crippen LogP contribution in [0.4, 0.5) is 11.4 Å². The van der Waals surface area contributed by atoms with Crippen LogP contribution in [0.3, 0.4) is 0 Å². The highest BCUT2D eigenvalue weighted by Gasteiger charge is 2.09. The van der Waals surface area contributed by atoms with Gasteiger partial charge >= 0.3 is 0 Å². The Balaban J connectivity index is 1.81. The Kier molecular flexibility index (Phi) is 3.99. The molecule has 1 aromatic carbocycles. The molecule has 0 fully saturated rings. The van der Waals surface area contributed by atoms with E-state index in [2.05, 4.69) is 15.3 Å². The number of carbonyl (C=O) groups is 1. The van der Waals surface area contributed by atoms with Gasteiger partial charge < -0.3 is 10.3 Å². The van der Waals surface area contributed by atoms with Crippen molar-refractivity contribution in [1.29, 1.82) is 0 Å². The van der Waals surface area contributed by atoms with Gasteiger partial charge in [-0.05, 0) is 30.2 Å². The monoisotopic (exact) mass is 324 g/mol. The van der Waals surface area contributed by atoms with Crippen LogP contribution >= 0.6 is 0 Å². The number of fused-ring (bicyclic) bond motifs is 1. The topological polar surface area (TPSA) is 101 Å². The number of anilines is 1. The first kappa shape index (κ1) is 15.7. The molecule has 0 spiro atoms. The van der Waals surface area contributed by atoms with Gasteiger partial charge in [-0.1, -0.05) is 6.07 Å². The third-order valence-corrected chi connectivity index (χ3v) is 3.88. The largest absolute Gasteiger partial charge is 0.380 e. The quantitative estimate of drug-likeness (QED) is 0.424. The lowest BCUT2D eigenvalue weighted by atomic mass is 10.1. The van der Waals surface area contributed by atoms with Crippen molar-refractivity contribution in [2.45, 2.75) is 20.4 Å². The van der Waals surface area contributed by atoms with Gasteiger partial charge in [0.1, 0.15) is 5.65 Å². The summed E-state index contributed by atoms with van der Waals surface area (Å²) in [5.41, 5.74) is 3.84. The molecule has 0 unspecified atom stereocenters. The van der Waals surface area contributed by atoms with Gasteiger partial charge in [0.25, 0.3) is 5.69 Å². The second kappa shape index (κ2) is 6.11. The lowest BCUT2D eigenvalue weighted by Crippen LogP contribution is -2.02. The van der Waals surface area contributed by atoms with E-state index >= 15 is 0 Å². The number of nitro benzene ring substituents is 1. The van der Waals surface area contributed by atoms with Crippen molar-refractivity contribution in [1.82, 2.24) is 9.97 Å². The van der Waals surface area contributed by atoms with Crippen LogP contribution < -0.4 is 5.32 Å². The normalized spacial score (nSPS) is 10.8. The molecule has 0 aliphatic heterocycles. The zero-order chi connectivity index (χ0) is 17.3. The number of hydrogen-bond donors (Lipinski definition) is 2. The van der Waals surface area contributed by atoms with Gasteiger partial charge in [-0.3, -0.25) is 14.9 Å². The summed E-state index contributed by atoms with van der Waals surface area (Å²) in [5, 5.41) is 14.9. The molecule has 0 aliphatic carbocycles. The molecule has 3 rings (SSSR count). The summed E-state index contributed by atoms with van der Waals surface area (Å²) in [7, 11) is 0. The number of nitrogens with zero attached hydrogens (tertiary/aromatic N) is 2. The molecular formula is C17H16N4O3. The van der Waals surface area contributed by atoms with Crippen LogP contribution in [-0.2, 0) is 6.54 Å². The number of aromatic amines is 1. The highest BCUT2D eigenvalue weighted by Crippen LogP contribution is 2.21. The number of pyridine rings is 1. The third kappa shape index (κ3) is 3.10. The summed E-state index contributed by atoms with van der Waals surface area (Å²) in [5.74, 6) is -0.0465. The number of benzene rings is 1. The molecule has 2 N–H and O–H groups in total. The average molecular weight is 324 g/mol. The third-order valence-electron chi connectivity index (χ3n) is 3.88. The summed E-state index contributed by atoms with van der Waals surface area (Å²) in [6.45, 7) is 3.85. The van der Waals surface area contributed by atoms with Crippen molar-refractivity contribution in [2.24, 2.45) is 0 Å². The number of aromatic nitrogens is 2. The molecule has 3 aromatic rings. The summed E-state index contributed by atoms with van der Waals surface area (Å²) in [6.07, 6.45) is 1.66. The lowest BCUT2D eigenvalue weighted by molar-refractivity contribution is -0.384. The van der Waals surface area contributed by atoms with Crippen molar-refractivity contribution in [2.75, 3.05) is 5.32 Å². The molecule has 122 valence electrons. The fraction of sp³-hybridized carbons (Fsp3) is 0.176. The number of non-ortho nitro benzene ring substituents is 1. The molecule has 2 aromatic heterocycles. The fourth-order valence-electron chi connectivity index (χ4n) is 2.46. The van der Waals surface area contributed by atoms with Gasteiger partial charge in [0.05, 0.1) is 22.5 Å². The first-order chi connectivity index (χ1) is 11.4. The van der Waals surface area contributed by atoms with Crippen molar-refractivity contribution in [3.8, 4) is 0 Å². The maximum absolute atomic E-state index is 11.4. The van der Waals surface area contributed by atoms with Crippen molar-refractivity contribution >= 4 is 28.2 Å². The number of aryl methyl sites for hydroxylation is 1. The number of nitro groups is 1. The summed E-state index contributed by atoms with van der Waals surface area (Å²) < 4.78 is 0. The van der Waals surface area contributed by atoms with Crippen molar-refractivity contribution in [3.05, 3.63) is 63.5 Å². The molecule has 0 atom stereocenters. The maximum Gasteiger partial charge on any atom is 0.269 e. The van der Waals surface area contributed by atoms with Gasteiger partial charge in [0.2, 0.25) is 0 Å². The Hall–Kier alpha value is -3.22. The van der Waals surface area contributed by atoms with Crippen LogP contribution in [0.2, 0.25) is 0 Å². The van der Waals surface area contributed by atoms with Gasteiger partial charge in [-0.25, -0.2) is 4.98 Å². The molecule has 0 saturated carbocycles. The van der Waals surface area contributed by atoms with Crippen molar-refractivity contribution in [3.63, 3.8) is 0 Å². The standard InChI is InChI=1S/C17H16N4O3/c1-10-3-4-15(21(23)24)6-13(10)8-18-14-5-12-7-16(11(2)22)20-17(12)19-9-14/h3-7,9,18H,8H2,1-2H3,(H,19,20). The molecule has 24 heavy (non-hydrogen) atoms. The average Bonchev–Trinajstić information content (AvgIpc) is 2.97. The van der Waals surface area contributed by atoms with E-state index in [0.29, 0.717) is 17.9 Å². The smallest absolute Gasteiger partial charge is 0.269 e. The molecule has 0 radical (unpaired) electrons. The van der Waals surface area contributed by atoms with Gasteiger partial charge in [0.15, 0.2) is 5.78 Å². The molecule has 0 bridgehead atoms. The van der Waals surface area contributed by atoms with Crippen LogP contribution in [0, 0.1) is 17.0 Å². The van der Waals surface area contributed by atoms with E-state index in [-0.39, 0.29) is 11.5 Å². The molecule has 7 heteroatoms. The number of carbonyl (C=O) groups excluding carboxylic acids is 1. The first-order valence-corrected chi connectivity index (χ1v) is 7.41. The fourth-order valence-corrected chi connectivity index (χ4v) is 2.46.